The van der Waals surface area contributed by atoms with E-state index in [1.165, 1.54) is 5.75 Å². The fourth-order valence-corrected chi connectivity index (χ4v) is 8.72. The summed E-state index contributed by atoms with van der Waals surface area (Å²) in [7, 11) is -3.62. The molecule has 3 nitrogen and oxygen atoms in total. The van der Waals surface area contributed by atoms with Gasteiger partial charge in [0, 0.05) is 24.4 Å². The van der Waals surface area contributed by atoms with E-state index in [-0.39, 0.29) is 18.3 Å². The van der Waals surface area contributed by atoms with Crippen molar-refractivity contribution in [2.75, 3.05) is 5.75 Å². The van der Waals surface area contributed by atoms with Crippen LogP contribution < -0.4 is 0 Å². The van der Waals surface area contributed by atoms with E-state index in [2.05, 4.69) is 72.4 Å². The summed E-state index contributed by atoms with van der Waals surface area (Å²) >= 11 is 2.13. The Labute approximate surface area is 138 Å². The Bertz CT molecular complexity index is 252. The average Bonchev–Trinajstić information content (AvgIpc) is 2.19. The molecule has 0 unspecified atom stereocenters. The van der Waals surface area contributed by atoms with E-state index in [0.29, 0.717) is 0 Å². The molecule has 6 heteroatoms. The molecule has 0 heterocycles. The summed E-state index contributed by atoms with van der Waals surface area (Å²) in [6.07, 6.45) is 1.52. The van der Waals surface area contributed by atoms with Crippen molar-refractivity contribution in [2.24, 2.45) is 0 Å². The molecule has 0 spiro atoms. The van der Waals surface area contributed by atoms with E-state index < -0.39 is 16.0 Å². The second-order valence-electron chi connectivity index (χ2n) is 7.25. The maximum Gasteiger partial charge on any atom is 0.501 e. The van der Waals surface area contributed by atoms with Crippen LogP contribution in [0, 0.1) is 0 Å². The SMILES string of the molecule is CC(C)O[Si](CCCS[Si](C)(C)C)(OC(C)C)OC(C)C. The van der Waals surface area contributed by atoms with Gasteiger partial charge in [-0.05, 0) is 53.7 Å². The van der Waals surface area contributed by atoms with Gasteiger partial charge in [0.2, 0.25) is 0 Å². The quantitative estimate of drug-likeness (QED) is 0.379. The Hall–Kier alpha value is 0.664. The maximum atomic E-state index is 6.19. The van der Waals surface area contributed by atoms with Gasteiger partial charge in [-0.15, -0.1) is 0 Å². The highest BCUT2D eigenvalue weighted by atomic mass is 32.4. The minimum Gasteiger partial charge on any atom is -0.371 e. The van der Waals surface area contributed by atoms with Crippen LogP contribution in [-0.2, 0) is 13.3 Å². The highest BCUT2D eigenvalue weighted by molar-refractivity contribution is 8.28. The van der Waals surface area contributed by atoms with Gasteiger partial charge in [-0.25, -0.2) is 0 Å². The molecule has 0 aromatic carbocycles. The second kappa shape index (κ2) is 9.72. The third-order valence-corrected chi connectivity index (χ3v) is 10.4. The van der Waals surface area contributed by atoms with Crippen molar-refractivity contribution in [1.29, 1.82) is 0 Å². The average molecular weight is 353 g/mol. The highest BCUT2D eigenvalue weighted by Crippen LogP contribution is 2.27. The molecule has 0 atom stereocenters. The van der Waals surface area contributed by atoms with E-state index in [9.17, 15) is 0 Å². The van der Waals surface area contributed by atoms with Gasteiger partial charge in [0.05, 0.1) is 0 Å². The lowest BCUT2D eigenvalue weighted by Gasteiger charge is -2.34. The van der Waals surface area contributed by atoms with Gasteiger partial charge in [-0.3, -0.25) is 0 Å². The first-order valence-electron chi connectivity index (χ1n) is 8.13. The zero-order chi connectivity index (χ0) is 16.7. The Morgan fingerprint density at radius 2 is 1.14 bits per heavy atom. The second-order valence-corrected chi connectivity index (χ2v) is 19.3. The minimum atomic E-state index is -2.58. The number of hydrogen-bond acceptors (Lipinski definition) is 4. The highest BCUT2D eigenvalue weighted by Gasteiger charge is 2.43. The van der Waals surface area contributed by atoms with Crippen LogP contribution in [0.5, 0.6) is 0 Å². The van der Waals surface area contributed by atoms with Crippen LogP contribution in [0.15, 0.2) is 0 Å². The largest absolute Gasteiger partial charge is 0.501 e. The van der Waals surface area contributed by atoms with Crippen LogP contribution in [0.1, 0.15) is 48.0 Å². The first-order valence-corrected chi connectivity index (χ1v) is 15.3. The molecule has 0 bridgehead atoms. The summed E-state index contributed by atoms with van der Waals surface area (Å²) < 4.78 is 18.6. The summed E-state index contributed by atoms with van der Waals surface area (Å²) in [5, 5.41) is 0. The van der Waals surface area contributed by atoms with E-state index in [1.807, 2.05) is 0 Å². The molecule has 21 heavy (non-hydrogen) atoms. The summed E-state index contributed by atoms with van der Waals surface area (Å²) in [4.78, 5) is 0. The summed E-state index contributed by atoms with van der Waals surface area (Å²) in [5.41, 5.74) is 0. The zero-order valence-corrected chi connectivity index (χ0v) is 18.3. The van der Waals surface area contributed by atoms with Gasteiger partial charge < -0.3 is 13.3 Å². The molecule has 0 aliphatic carbocycles. The molecular weight excluding hydrogens is 316 g/mol. The monoisotopic (exact) mass is 352 g/mol. The number of hydrogen-bond donors (Lipinski definition) is 0. The van der Waals surface area contributed by atoms with Crippen molar-refractivity contribution in [1.82, 2.24) is 0 Å². The van der Waals surface area contributed by atoms with E-state index >= 15 is 0 Å². The lowest BCUT2D eigenvalue weighted by Crippen LogP contribution is -2.50. The van der Waals surface area contributed by atoms with Gasteiger partial charge in [-0.1, -0.05) is 19.6 Å². The van der Waals surface area contributed by atoms with Gasteiger partial charge in [0.15, 0.2) is 0 Å². The molecule has 0 aromatic rings. The molecule has 128 valence electrons. The molecule has 0 fully saturated rings. The molecule has 0 rings (SSSR count). The van der Waals surface area contributed by atoms with Crippen LogP contribution in [0.3, 0.4) is 0 Å². The normalized spacial score (nSPS) is 13.7. The molecule has 0 aliphatic rings. The third kappa shape index (κ3) is 11.8. The molecule has 0 aromatic heterocycles. The van der Waals surface area contributed by atoms with E-state index in [0.717, 1.165) is 12.5 Å². The first-order chi connectivity index (χ1) is 9.46. The van der Waals surface area contributed by atoms with Crippen molar-refractivity contribution < 1.29 is 13.3 Å². The lowest BCUT2D eigenvalue weighted by molar-refractivity contribution is 0.00319. The van der Waals surface area contributed by atoms with Crippen LogP contribution in [-0.4, -0.2) is 40.1 Å². The van der Waals surface area contributed by atoms with Gasteiger partial charge in [-0.2, -0.15) is 11.2 Å². The zero-order valence-electron chi connectivity index (χ0n) is 15.5. The summed E-state index contributed by atoms with van der Waals surface area (Å²) in [6, 6.07) is 0.916. The van der Waals surface area contributed by atoms with Crippen molar-refractivity contribution in [3.05, 3.63) is 0 Å². The molecule has 0 amide bonds. The maximum absolute atomic E-state index is 6.19. The fourth-order valence-electron chi connectivity index (χ4n) is 2.00. The predicted molar refractivity (Wildman–Crippen MR) is 99.6 cm³/mol. The van der Waals surface area contributed by atoms with Gasteiger partial charge in [0.25, 0.3) is 0 Å². The molecule has 0 radical (unpaired) electrons. The first kappa shape index (κ1) is 21.7. The molecular formula is C15H36O3SSi2. The summed E-state index contributed by atoms with van der Waals surface area (Å²) in [6.45, 7) is 19.5. The van der Waals surface area contributed by atoms with Gasteiger partial charge in [0.1, 0.15) is 7.22 Å². The van der Waals surface area contributed by atoms with Crippen LogP contribution in [0.2, 0.25) is 25.7 Å². The Balaban J connectivity index is 4.73. The van der Waals surface area contributed by atoms with Crippen molar-refractivity contribution >= 4 is 27.2 Å². The van der Waals surface area contributed by atoms with Crippen molar-refractivity contribution in [2.45, 2.75) is 92.0 Å². The van der Waals surface area contributed by atoms with E-state index in [1.54, 1.807) is 0 Å². The minimum absolute atomic E-state index is 0.138. The lowest BCUT2D eigenvalue weighted by atomic mass is 10.5. The Morgan fingerprint density at radius 1 is 0.762 bits per heavy atom. The Kier molecular flexibility index (Phi) is 10.0. The van der Waals surface area contributed by atoms with Crippen LogP contribution in [0.25, 0.3) is 0 Å². The number of rotatable bonds is 11. The molecule has 0 saturated heterocycles. The van der Waals surface area contributed by atoms with Crippen molar-refractivity contribution in [3.8, 4) is 0 Å². The topological polar surface area (TPSA) is 27.7 Å². The van der Waals surface area contributed by atoms with E-state index in [4.69, 9.17) is 13.3 Å². The summed E-state index contributed by atoms with van der Waals surface area (Å²) in [5.74, 6) is 1.18. The third-order valence-electron chi connectivity index (χ3n) is 2.41. The molecule has 0 N–H and O–H groups in total. The molecule has 0 saturated carbocycles. The van der Waals surface area contributed by atoms with Crippen LogP contribution >= 0.6 is 11.2 Å². The van der Waals surface area contributed by atoms with Crippen LogP contribution in [0.4, 0.5) is 0 Å². The smallest absolute Gasteiger partial charge is 0.371 e. The predicted octanol–water partition coefficient (Wildman–Crippen LogP) is 5.16. The van der Waals surface area contributed by atoms with Crippen molar-refractivity contribution in [3.63, 3.8) is 0 Å². The fraction of sp³-hybridized carbons (Fsp3) is 1.00. The standard InChI is InChI=1S/C15H36O3SSi2/c1-13(2)16-21(17-14(3)4,18-15(5)6)12-10-11-19-20(7,8)9/h13-15H,10-12H2,1-9H3. The van der Waals surface area contributed by atoms with Gasteiger partial charge >= 0.3 is 8.80 Å². The Morgan fingerprint density at radius 3 is 1.43 bits per heavy atom. The molecule has 0 aliphatic heterocycles.